The van der Waals surface area contributed by atoms with Crippen LogP contribution < -0.4 is 14.8 Å². The van der Waals surface area contributed by atoms with E-state index in [4.69, 9.17) is 14.5 Å². The molecule has 0 radical (unpaired) electrons. The van der Waals surface area contributed by atoms with Gasteiger partial charge in [-0.3, -0.25) is 4.98 Å². The van der Waals surface area contributed by atoms with Gasteiger partial charge < -0.3 is 24.5 Å². The second kappa shape index (κ2) is 8.95. The van der Waals surface area contributed by atoms with E-state index < -0.39 is 0 Å². The molecule has 0 fully saturated rings. The number of ether oxygens (including phenoxy) is 2. The lowest BCUT2D eigenvalue weighted by molar-refractivity contribution is 0.354. The molecule has 0 saturated heterocycles. The van der Waals surface area contributed by atoms with Crippen molar-refractivity contribution in [3.05, 3.63) is 71.5 Å². The lowest BCUT2D eigenvalue weighted by Crippen LogP contribution is -2.12. The van der Waals surface area contributed by atoms with Crippen molar-refractivity contribution in [1.82, 2.24) is 14.5 Å². The Balaban J connectivity index is 1.56. The highest BCUT2D eigenvalue weighted by atomic mass is 16.5. The number of nitrogens with one attached hydrogen (secondary N) is 1. The van der Waals surface area contributed by atoms with Gasteiger partial charge in [-0.1, -0.05) is 18.2 Å². The van der Waals surface area contributed by atoms with E-state index in [0.717, 1.165) is 34.7 Å². The van der Waals surface area contributed by atoms with E-state index in [-0.39, 0.29) is 5.75 Å². The number of anilines is 1. The number of para-hydroxylation sites is 2. The molecule has 2 aromatic carbocycles. The third-order valence-electron chi connectivity index (χ3n) is 5.20. The Hall–Kier alpha value is -3.74. The van der Waals surface area contributed by atoms with Crippen LogP contribution in [0, 0.1) is 6.92 Å². The van der Waals surface area contributed by atoms with Crippen LogP contribution >= 0.6 is 0 Å². The van der Waals surface area contributed by atoms with E-state index in [0.29, 0.717) is 30.3 Å². The summed E-state index contributed by atoms with van der Waals surface area (Å²) in [6, 6.07) is 17.4. The minimum atomic E-state index is 0.180. The molecule has 7 nitrogen and oxygen atoms in total. The topological polar surface area (TPSA) is 81.4 Å². The molecule has 2 heterocycles. The maximum absolute atomic E-state index is 10.3. The maximum atomic E-state index is 10.3. The fourth-order valence-electron chi connectivity index (χ4n) is 3.59. The molecule has 2 N–H and O–H groups in total. The highest BCUT2D eigenvalue weighted by molar-refractivity contribution is 5.78. The van der Waals surface area contributed by atoms with Gasteiger partial charge in [0.05, 0.1) is 31.8 Å². The second-order valence-corrected chi connectivity index (χ2v) is 7.29. The zero-order chi connectivity index (χ0) is 21.8. The number of imidazole rings is 1. The molecule has 160 valence electrons. The Labute approximate surface area is 181 Å². The number of methoxy groups -OCH3 is 2. The zero-order valence-electron chi connectivity index (χ0n) is 17.9. The Kier molecular flexibility index (Phi) is 5.93. The Morgan fingerprint density at radius 1 is 0.968 bits per heavy atom. The number of aryl methyl sites for hydroxylation is 1. The molecule has 0 saturated carbocycles. The van der Waals surface area contributed by atoms with Gasteiger partial charge in [-0.05, 0) is 55.3 Å². The molecule has 0 aliphatic carbocycles. The normalized spacial score (nSPS) is 10.9. The number of pyridine rings is 1. The molecule has 0 atom stereocenters. The van der Waals surface area contributed by atoms with E-state index >= 15 is 0 Å². The standard InChI is InChI=1S/C24H26N4O3/c1-16-8-10-21(29)19(26-16)15-28-20-7-5-4-6-18(20)27-24(28)25-13-12-17-9-11-22(30-2)23(14-17)31-3/h4-11,14,29H,12-13,15H2,1-3H3,(H,25,27). The number of fused-ring (bicyclic) bond motifs is 1. The summed E-state index contributed by atoms with van der Waals surface area (Å²) in [5.74, 6) is 2.35. The lowest BCUT2D eigenvalue weighted by Gasteiger charge is -2.13. The van der Waals surface area contributed by atoms with Gasteiger partial charge in [0.25, 0.3) is 0 Å². The summed E-state index contributed by atoms with van der Waals surface area (Å²) in [7, 11) is 3.27. The number of nitrogens with zero attached hydrogens (tertiary/aromatic N) is 3. The van der Waals surface area contributed by atoms with Crippen LogP contribution in [0.25, 0.3) is 11.0 Å². The first-order valence-electron chi connectivity index (χ1n) is 10.1. The number of benzene rings is 2. The summed E-state index contributed by atoms with van der Waals surface area (Å²) in [5.41, 5.74) is 4.49. The van der Waals surface area contributed by atoms with Crippen LogP contribution in [-0.2, 0) is 13.0 Å². The molecular formula is C24H26N4O3. The van der Waals surface area contributed by atoms with Crippen LogP contribution in [0.4, 0.5) is 5.95 Å². The van der Waals surface area contributed by atoms with Gasteiger partial charge >= 0.3 is 0 Å². The van der Waals surface area contributed by atoms with E-state index in [9.17, 15) is 5.11 Å². The summed E-state index contributed by atoms with van der Waals surface area (Å²) in [5, 5.41) is 13.7. The smallest absolute Gasteiger partial charge is 0.204 e. The van der Waals surface area contributed by atoms with Crippen LogP contribution in [-0.4, -0.2) is 40.4 Å². The average Bonchev–Trinajstić information content (AvgIpc) is 3.13. The van der Waals surface area contributed by atoms with Crippen molar-refractivity contribution >= 4 is 17.0 Å². The van der Waals surface area contributed by atoms with Crippen LogP contribution in [0.2, 0.25) is 0 Å². The van der Waals surface area contributed by atoms with Crippen molar-refractivity contribution in [1.29, 1.82) is 0 Å². The Morgan fingerprint density at radius 3 is 2.58 bits per heavy atom. The molecule has 0 unspecified atom stereocenters. The molecule has 4 aromatic rings. The van der Waals surface area contributed by atoms with Crippen molar-refractivity contribution in [2.75, 3.05) is 26.1 Å². The summed E-state index contributed by atoms with van der Waals surface area (Å²) >= 11 is 0. The molecule has 2 aromatic heterocycles. The van der Waals surface area contributed by atoms with Gasteiger partial charge in [-0.15, -0.1) is 0 Å². The minimum Gasteiger partial charge on any atom is -0.506 e. The van der Waals surface area contributed by atoms with Crippen LogP contribution in [0.15, 0.2) is 54.6 Å². The quantitative estimate of drug-likeness (QED) is 0.447. The van der Waals surface area contributed by atoms with E-state index in [1.54, 1.807) is 26.4 Å². The van der Waals surface area contributed by atoms with Gasteiger partial charge in [0.15, 0.2) is 11.5 Å². The van der Waals surface area contributed by atoms with Gasteiger partial charge in [-0.2, -0.15) is 0 Å². The predicted octanol–water partition coefficient (Wildman–Crippen LogP) is 4.17. The first-order chi connectivity index (χ1) is 15.1. The molecule has 0 aliphatic heterocycles. The number of hydrogen-bond acceptors (Lipinski definition) is 6. The third-order valence-corrected chi connectivity index (χ3v) is 5.20. The van der Waals surface area contributed by atoms with E-state index in [2.05, 4.69) is 10.3 Å². The molecule has 0 bridgehead atoms. The van der Waals surface area contributed by atoms with Gasteiger partial charge in [0, 0.05) is 12.2 Å². The van der Waals surface area contributed by atoms with Crippen molar-refractivity contribution in [3.63, 3.8) is 0 Å². The van der Waals surface area contributed by atoms with Crippen LogP contribution in [0.5, 0.6) is 17.2 Å². The monoisotopic (exact) mass is 418 g/mol. The van der Waals surface area contributed by atoms with Crippen molar-refractivity contribution < 1.29 is 14.6 Å². The predicted molar refractivity (Wildman–Crippen MR) is 121 cm³/mol. The molecule has 0 aliphatic rings. The number of rotatable bonds is 8. The minimum absolute atomic E-state index is 0.180. The fourth-order valence-corrected chi connectivity index (χ4v) is 3.59. The Bertz CT molecular complexity index is 1200. The molecule has 7 heteroatoms. The van der Waals surface area contributed by atoms with E-state index in [1.807, 2.05) is 54.0 Å². The SMILES string of the molecule is COc1ccc(CCNc2nc3ccccc3n2Cc2nc(C)ccc2O)cc1OC. The highest BCUT2D eigenvalue weighted by Crippen LogP contribution is 2.28. The van der Waals surface area contributed by atoms with E-state index in [1.165, 1.54) is 0 Å². The van der Waals surface area contributed by atoms with Crippen LogP contribution in [0.3, 0.4) is 0 Å². The third kappa shape index (κ3) is 4.40. The first kappa shape index (κ1) is 20.5. The summed E-state index contributed by atoms with van der Waals surface area (Å²) in [6.07, 6.45) is 0.789. The lowest BCUT2D eigenvalue weighted by atomic mass is 10.1. The molecule has 31 heavy (non-hydrogen) atoms. The molecular weight excluding hydrogens is 392 g/mol. The van der Waals surface area contributed by atoms with Crippen LogP contribution in [0.1, 0.15) is 17.0 Å². The average molecular weight is 418 g/mol. The van der Waals surface area contributed by atoms with Crippen molar-refractivity contribution in [2.45, 2.75) is 19.9 Å². The summed E-state index contributed by atoms with van der Waals surface area (Å²) in [4.78, 5) is 9.26. The number of aromatic hydroxyl groups is 1. The first-order valence-corrected chi connectivity index (χ1v) is 10.1. The van der Waals surface area contributed by atoms with Gasteiger partial charge in [0.2, 0.25) is 5.95 Å². The zero-order valence-corrected chi connectivity index (χ0v) is 17.9. The summed E-state index contributed by atoms with van der Waals surface area (Å²) < 4.78 is 12.8. The molecule has 4 rings (SSSR count). The number of hydrogen-bond donors (Lipinski definition) is 2. The Morgan fingerprint density at radius 2 is 1.77 bits per heavy atom. The largest absolute Gasteiger partial charge is 0.506 e. The van der Waals surface area contributed by atoms with Gasteiger partial charge in [0.1, 0.15) is 11.4 Å². The fraction of sp³-hybridized carbons (Fsp3) is 0.250. The van der Waals surface area contributed by atoms with Crippen molar-refractivity contribution in [2.24, 2.45) is 0 Å². The molecule has 0 amide bonds. The van der Waals surface area contributed by atoms with Crippen molar-refractivity contribution in [3.8, 4) is 17.2 Å². The highest BCUT2D eigenvalue weighted by Gasteiger charge is 2.14. The molecule has 0 spiro atoms. The number of aromatic nitrogens is 3. The summed E-state index contributed by atoms with van der Waals surface area (Å²) in [6.45, 7) is 3.02. The second-order valence-electron chi connectivity index (χ2n) is 7.29. The van der Waals surface area contributed by atoms with Gasteiger partial charge in [-0.25, -0.2) is 4.98 Å². The maximum Gasteiger partial charge on any atom is 0.204 e.